The Balaban J connectivity index is 1.57. The van der Waals surface area contributed by atoms with Crippen molar-refractivity contribution in [2.24, 2.45) is 11.8 Å². The van der Waals surface area contributed by atoms with Gasteiger partial charge in [0.05, 0.1) is 5.56 Å². The number of amides is 1. The third-order valence-electron chi connectivity index (χ3n) is 5.37. The number of rotatable bonds is 5. The van der Waals surface area contributed by atoms with Gasteiger partial charge in [0.15, 0.2) is 5.82 Å². The van der Waals surface area contributed by atoms with E-state index in [1.807, 2.05) is 0 Å². The molecule has 0 unspecified atom stereocenters. The Morgan fingerprint density at radius 1 is 1.33 bits per heavy atom. The Morgan fingerprint density at radius 2 is 2.11 bits per heavy atom. The highest BCUT2D eigenvalue weighted by Crippen LogP contribution is 2.45. The van der Waals surface area contributed by atoms with E-state index in [9.17, 15) is 13.6 Å². The Morgan fingerprint density at radius 3 is 2.81 bits per heavy atom. The molecule has 2 N–H and O–H groups in total. The van der Waals surface area contributed by atoms with Gasteiger partial charge in [0, 0.05) is 24.5 Å². The van der Waals surface area contributed by atoms with Gasteiger partial charge in [0.2, 0.25) is 0 Å². The minimum absolute atomic E-state index is 0.103. The van der Waals surface area contributed by atoms with Crippen molar-refractivity contribution in [3.63, 3.8) is 0 Å². The monoisotopic (exact) mass is 373 g/mol. The molecule has 1 fully saturated rings. The highest BCUT2D eigenvalue weighted by molar-refractivity contribution is 6.08. The first-order chi connectivity index (χ1) is 12.9. The highest BCUT2D eigenvalue weighted by Gasteiger charge is 2.35. The summed E-state index contributed by atoms with van der Waals surface area (Å²) in [6.45, 7) is 4.32. The molecule has 8 heteroatoms. The molecule has 6 nitrogen and oxygen atoms in total. The van der Waals surface area contributed by atoms with Crippen molar-refractivity contribution in [3.05, 3.63) is 47.8 Å². The zero-order valence-electron chi connectivity index (χ0n) is 15.1. The van der Waals surface area contributed by atoms with Gasteiger partial charge < -0.3 is 14.7 Å². The van der Waals surface area contributed by atoms with Crippen LogP contribution in [0.2, 0.25) is 0 Å². The number of alkyl halides is 2. The first-order valence-corrected chi connectivity index (χ1v) is 9.05. The number of H-pyrrole nitrogens is 1. The molecule has 4 rings (SSSR count). The average molecular weight is 373 g/mol. The van der Waals surface area contributed by atoms with Crippen molar-refractivity contribution in [2.45, 2.75) is 39.0 Å². The predicted molar refractivity (Wildman–Crippen MR) is 97.0 cm³/mol. The number of fused-ring (bicyclic) bond motifs is 1. The number of halogens is 2. The highest BCUT2D eigenvalue weighted by atomic mass is 19.3. The van der Waals surface area contributed by atoms with Crippen LogP contribution in [0.1, 0.15) is 60.9 Å². The van der Waals surface area contributed by atoms with E-state index in [1.165, 1.54) is 0 Å². The summed E-state index contributed by atoms with van der Waals surface area (Å²) in [6, 6.07) is 3.35. The van der Waals surface area contributed by atoms with Crippen LogP contribution in [-0.4, -0.2) is 25.3 Å². The summed E-state index contributed by atoms with van der Waals surface area (Å²) in [7, 11) is 0. The second-order valence-electron chi connectivity index (χ2n) is 7.39. The topological polar surface area (TPSA) is 75.1 Å². The first-order valence-electron chi connectivity index (χ1n) is 9.05. The van der Waals surface area contributed by atoms with Gasteiger partial charge in [-0.05, 0) is 36.8 Å². The maximum Gasteiger partial charge on any atom is 0.281 e. The van der Waals surface area contributed by atoms with Gasteiger partial charge in [0.1, 0.15) is 17.2 Å². The summed E-state index contributed by atoms with van der Waals surface area (Å²) in [4.78, 5) is 23.8. The Kier molecular flexibility index (Phi) is 4.41. The molecule has 0 saturated heterocycles. The van der Waals surface area contributed by atoms with Gasteiger partial charge in [-0.1, -0.05) is 13.8 Å². The summed E-state index contributed by atoms with van der Waals surface area (Å²) in [5, 5.41) is 2.53. The molecular weight excluding hydrogens is 352 g/mol. The van der Waals surface area contributed by atoms with Crippen LogP contribution < -0.4 is 5.32 Å². The number of aromatic nitrogens is 4. The number of hydrogen-bond acceptors (Lipinski definition) is 3. The molecule has 0 spiro atoms. The minimum atomic E-state index is -2.74. The third-order valence-corrected chi connectivity index (χ3v) is 5.37. The number of nitrogens with zero attached hydrogens (tertiary/aromatic N) is 3. The lowest BCUT2D eigenvalue weighted by Gasteiger charge is -2.36. The number of carbonyl (C=O) groups is 1. The molecule has 0 aliphatic heterocycles. The zero-order chi connectivity index (χ0) is 19.1. The molecule has 0 radical (unpaired) electrons. The van der Waals surface area contributed by atoms with Crippen LogP contribution in [-0.2, 0) is 0 Å². The number of carbonyl (C=O) groups excluding carboxylic acids is 1. The summed E-state index contributed by atoms with van der Waals surface area (Å²) < 4.78 is 28.6. The van der Waals surface area contributed by atoms with Crippen LogP contribution in [0.25, 0.3) is 5.65 Å². The molecule has 1 aliphatic carbocycles. The standard InChI is InChI=1S/C19H21F2N5O/c1-10(2)11-8-12(9-11)16-23-14(15(20)21)17(24-16)25-19(27)13-4-7-26-6-3-5-22-18(13)26/h3-7,10-12,15H,8-9H2,1-2H3,(H,23,24)(H,25,27). The SMILES string of the molecule is CC(C)C1CC(c2nc(NC(=O)c3ccn4cccnc34)c(C(F)F)[nH]2)C1. The van der Waals surface area contributed by atoms with E-state index in [4.69, 9.17) is 0 Å². The van der Waals surface area contributed by atoms with Crippen LogP contribution in [0.5, 0.6) is 0 Å². The van der Waals surface area contributed by atoms with Gasteiger partial charge in [-0.25, -0.2) is 18.7 Å². The molecule has 0 bridgehead atoms. The van der Waals surface area contributed by atoms with E-state index in [0.717, 1.165) is 12.8 Å². The van der Waals surface area contributed by atoms with Gasteiger partial charge >= 0.3 is 0 Å². The quantitative estimate of drug-likeness (QED) is 0.696. The Labute approximate surface area is 155 Å². The van der Waals surface area contributed by atoms with E-state index in [-0.39, 0.29) is 17.4 Å². The molecule has 3 heterocycles. The van der Waals surface area contributed by atoms with Crippen LogP contribution in [0, 0.1) is 11.8 Å². The minimum Gasteiger partial charge on any atom is -0.339 e. The van der Waals surface area contributed by atoms with E-state index in [0.29, 0.717) is 28.9 Å². The van der Waals surface area contributed by atoms with Crippen molar-refractivity contribution >= 4 is 17.4 Å². The van der Waals surface area contributed by atoms with E-state index >= 15 is 0 Å². The van der Waals surface area contributed by atoms with E-state index in [1.54, 1.807) is 35.1 Å². The lowest BCUT2D eigenvalue weighted by Crippen LogP contribution is -2.26. The largest absolute Gasteiger partial charge is 0.339 e. The summed E-state index contributed by atoms with van der Waals surface area (Å²) in [6.07, 6.45) is 4.14. The maximum absolute atomic E-state index is 13.4. The number of nitrogens with one attached hydrogen (secondary N) is 2. The van der Waals surface area contributed by atoms with Crippen LogP contribution in [0.3, 0.4) is 0 Å². The second-order valence-corrected chi connectivity index (χ2v) is 7.39. The fraction of sp³-hybridized carbons (Fsp3) is 0.421. The zero-order valence-corrected chi connectivity index (χ0v) is 15.1. The van der Waals surface area contributed by atoms with Crippen molar-refractivity contribution in [2.75, 3.05) is 5.32 Å². The number of aromatic amines is 1. The van der Waals surface area contributed by atoms with E-state index in [2.05, 4.69) is 34.1 Å². The molecule has 1 saturated carbocycles. The number of anilines is 1. The van der Waals surface area contributed by atoms with Gasteiger partial charge in [0.25, 0.3) is 12.3 Å². The van der Waals surface area contributed by atoms with Gasteiger partial charge in [-0.3, -0.25) is 4.79 Å². The summed E-state index contributed by atoms with van der Waals surface area (Å²) >= 11 is 0. The lowest BCUT2D eigenvalue weighted by molar-refractivity contribution is 0.102. The molecule has 0 aromatic carbocycles. The fourth-order valence-corrected chi connectivity index (χ4v) is 3.57. The maximum atomic E-state index is 13.4. The van der Waals surface area contributed by atoms with Crippen molar-refractivity contribution in [1.82, 2.24) is 19.4 Å². The van der Waals surface area contributed by atoms with Crippen LogP contribution >= 0.6 is 0 Å². The number of imidazole rings is 1. The molecule has 0 atom stereocenters. The smallest absolute Gasteiger partial charge is 0.281 e. The second kappa shape index (κ2) is 6.75. The molecular formula is C19H21F2N5O. The van der Waals surface area contributed by atoms with Crippen molar-refractivity contribution in [1.29, 1.82) is 0 Å². The molecule has 3 aromatic rings. The van der Waals surface area contributed by atoms with E-state index < -0.39 is 12.3 Å². The van der Waals surface area contributed by atoms with Crippen LogP contribution in [0.4, 0.5) is 14.6 Å². The summed E-state index contributed by atoms with van der Waals surface area (Å²) in [5.41, 5.74) is 0.426. The van der Waals surface area contributed by atoms with Crippen molar-refractivity contribution < 1.29 is 13.6 Å². The molecule has 1 amide bonds. The molecule has 1 aliphatic rings. The number of hydrogen-bond donors (Lipinski definition) is 2. The average Bonchev–Trinajstić information content (AvgIpc) is 3.17. The summed E-state index contributed by atoms with van der Waals surface area (Å²) in [5.74, 6) is 1.21. The molecule has 27 heavy (non-hydrogen) atoms. The third kappa shape index (κ3) is 3.20. The lowest BCUT2D eigenvalue weighted by atomic mass is 9.69. The molecule has 3 aromatic heterocycles. The molecule has 142 valence electrons. The Bertz CT molecular complexity index is 972. The predicted octanol–water partition coefficient (Wildman–Crippen LogP) is 4.40. The fourth-order valence-electron chi connectivity index (χ4n) is 3.57. The normalized spacial score (nSPS) is 19.6. The van der Waals surface area contributed by atoms with Crippen molar-refractivity contribution in [3.8, 4) is 0 Å². The van der Waals surface area contributed by atoms with Gasteiger partial charge in [-0.2, -0.15) is 0 Å². The Hall–Kier alpha value is -2.77. The first kappa shape index (κ1) is 17.6. The van der Waals surface area contributed by atoms with Crippen LogP contribution in [0.15, 0.2) is 30.7 Å². The van der Waals surface area contributed by atoms with Gasteiger partial charge in [-0.15, -0.1) is 0 Å².